The van der Waals surface area contributed by atoms with Gasteiger partial charge < -0.3 is 5.21 Å². The Morgan fingerprint density at radius 3 is 2.77 bits per heavy atom. The Hall–Kier alpha value is -0.940. The van der Waals surface area contributed by atoms with Gasteiger partial charge in [0.1, 0.15) is 11.0 Å². The van der Waals surface area contributed by atoms with Crippen LogP contribution in [0.4, 0.5) is 0 Å². The molecule has 0 fully saturated rings. The highest BCUT2D eigenvalue weighted by molar-refractivity contribution is 7.89. The predicted molar refractivity (Wildman–Crippen MR) is 45.9 cm³/mol. The normalized spacial score (nSPS) is 11.2. The van der Waals surface area contributed by atoms with Crippen LogP contribution in [0.1, 0.15) is 10.4 Å². The first-order valence-corrected chi connectivity index (χ1v) is 5.53. The molecule has 1 rings (SSSR count). The van der Waals surface area contributed by atoms with Gasteiger partial charge in [-0.3, -0.25) is 0 Å². The van der Waals surface area contributed by atoms with Gasteiger partial charge in [-0.15, -0.1) is 11.3 Å². The lowest BCUT2D eigenvalue weighted by atomic mass is 10.3. The molecule has 0 aromatic carbocycles. The van der Waals surface area contributed by atoms with Crippen LogP contribution in [-0.2, 0) is 10.0 Å². The number of sulfonamides is 1. The van der Waals surface area contributed by atoms with Gasteiger partial charge in [0.25, 0.3) is 10.0 Å². The summed E-state index contributed by atoms with van der Waals surface area (Å²) in [6.07, 6.45) is 0. The van der Waals surface area contributed by atoms with Crippen molar-refractivity contribution in [1.29, 1.82) is 5.26 Å². The van der Waals surface area contributed by atoms with Crippen molar-refractivity contribution in [2.24, 2.45) is 0 Å². The minimum absolute atomic E-state index is 0.0454. The Balaban J connectivity index is 3.46. The minimum atomic E-state index is -3.93. The van der Waals surface area contributed by atoms with E-state index in [1.807, 2.05) is 0 Å². The molecule has 0 bridgehead atoms. The number of rotatable bonds is 2. The molecule has 0 saturated carbocycles. The van der Waals surface area contributed by atoms with Gasteiger partial charge in [-0.2, -0.15) is 5.26 Å². The molecular weight excluding hydrogens is 212 g/mol. The zero-order valence-corrected chi connectivity index (χ0v) is 8.24. The summed E-state index contributed by atoms with van der Waals surface area (Å²) in [4.78, 5) is 1.51. The third kappa shape index (κ3) is 1.71. The van der Waals surface area contributed by atoms with Gasteiger partial charge in [0.15, 0.2) is 0 Å². The smallest absolute Gasteiger partial charge is 0.264 e. The molecule has 70 valence electrons. The fraction of sp³-hybridized carbons (Fsp3) is 0.167. The molecular formula is C6H6N2O3S2. The molecule has 0 aliphatic carbocycles. The second-order valence-electron chi connectivity index (χ2n) is 2.24. The fourth-order valence-electron chi connectivity index (χ4n) is 0.901. The molecule has 5 nitrogen and oxygen atoms in total. The van der Waals surface area contributed by atoms with Crippen molar-refractivity contribution < 1.29 is 13.6 Å². The fourth-order valence-corrected chi connectivity index (χ4v) is 2.99. The third-order valence-corrected chi connectivity index (χ3v) is 3.77. The lowest BCUT2D eigenvalue weighted by Crippen LogP contribution is -2.20. The number of thiophene rings is 1. The Labute approximate surface area is 79.3 Å². The molecule has 1 aromatic rings. The van der Waals surface area contributed by atoms with E-state index in [1.165, 1.54) is 10.3 Å². The van der Waals surface area contributed by atoms with E-state index in [1.54, 1.807) is 13.0 Å². The van der Waals surface area contributed by atoms with E-state index < -0.39 is 10.0 Å². The molecule has 7 heteroatoms. The molecule has 13 heavy (non-hydrogen) atoms. The van der Waals surface area contributed by atoms with Crippen molar-refractivity contribution in [3.8, 4) is 6.07 Å². The minimum Gasteiger partial charge on any atom is -0.302 e. The standard InChI is InChI=1S/C6H6N2O3S2/c1-4-6(13(10,11)8-9)5(2-7)3-12-4/h3,8-9H,1H3. The zero-order chi connectivity index (χ0) is 10.1. The van der Waals surface area contributed by atoms with Crippen LogP contribution < -0.4 is 4.89 Å². The highest BCUT2D eigenvalue weighted by Crippen LogP contribution is 2.25. The van der Waals surface area contributed by atoms with Crippen LogP contribution in [0, 0.1) is 18.3 Å². The quantitative estimate of drug-likeness (QED) is 0.711. The summed E-state index contributed by atoms with van der Waals surface area (Å²) < 4.78 is 22.3. The van der Waals surface area contributed by atoms with Crippen molar-refractivity contribution in [3.05, 3.63) is 15.8 Å². The van der Waals surface area contributed by atoms with E-state index in [0.29, 0.717) is 4.88 Å². The first-order valence-electron chi connectivity index (χ1n) is 3.17. The van der Waals surface area contributed by atoms with Crippen molar-refractivity contribution in [1.82, 2.24) is 4.89 Å². The van der Waals surface area contributed by atoms with Gasteiger partial charge in [-0.25, -0.2) is 8.42 Å². The molecule has 2 N–H and O–H groups in total. The molecule has 0 atom stereocenters. The van der Waals surface area contributed by atoms with Crippen molar-refractivity contribution in [2.45, 2.75) is 11.8 Å². The van der Waals surface area contributed by atoms with Crippen LogP contribution in [0.3, 0.4) is 0 Å². The van der Waals surface area contributed by atoms with Crippen LogP contribution in [0.15, 0.2) is 10.3 Å². The third-order valence-electron chi connectivity index (χ3n) is 1.43. The maximum Gasteiger partial charge on any atom is 0.264 e. The van der Waals surface area contributed by atoms with Crippen LogP contribution in [0.5, 0.6) is 0 Å². The molecule has 0 aliphatic rings. The Kier molecular flexibility index (Phi) is 2.68. The molecule has 0 spiro atoms. The number of hydrogen-bond donors (Lipinski definition) is 2. The van der Waals surface area contributed by atoms with Gasteiger partial charge in [0.2, 0.25) is 0 Å². The van der Waals surface area contributed by atoms with Crippen LogP contribution in [0.2, 0.25) is 0 Å². The van der Waals surface area contributed by atoms with E-state index in [0.717, 1.165) is 11.3 Å². The number of nitrogens with one attached hydrogen (secondary N) is 1. The highest BCUT2D eigenvalue weighted by Gasteiger charge is 2.21. The Morgan fingerprint density at radius 2 is 2.31 bits per heavy atom. The zero-order valence-electron chi connectivity index (χ0n) is 6.60. The van der Waals surface area contributed by atoms with Crippen LogP contribution in [0.25, 0.3) is 0 Å². The summed E-state index contributed by atoms with van der Waals surface area (Å²) in [5.74, 6) is 0. The van der Waals surface area contributed by atoms with Gasteiger partial charge in [-0.1, -0.05) is 4.89 Å². The van der Waals surface area contributed by atoms with Crippen molar-refractivity contribution >= 4 is 21.4 Å². The molecule has 0 radical (unpaired) electrons. The molecule has 0 unspecified atom stereocenters. The summed E-state index contributed by atoms with van der Waals surface area (Å²) in [7, 11) is -3.93. The summed E-state index contributed by atoms with van der Waals surface area (Å²) in [5.41, 5.74) is 0.0454. The van der Waals surface area contributed by atoms with Gasteiger partial charge in [-0.05, 0) is 6.92 Å². The average Bonchev–Trinajstić information content (AvgIpc) is 2.47. The van der Waals surface area contributed by atoms with E-state index in [4.69, 9.17) is 10.5 Å². The Morgan fingerprint density at radius 1 is 1.69 bits per heavy atom. The van der Waals surface area contributed by atoms with Gasteiger partial charge in [0, 0.05) is 10.3 Å². The highest BCUT2D eigenvalue weighted by atomic mass is 32.2. The maximum absolute atomic E-state index is 11.2. The molecule has 1 heterocycles. The SMILES string of the molecule is Cc1scc(C#N)c1S(=O)(=O)NO. The van der Waals surface area contributed by atoms with Crippen LogP contribution >= 0.6 is 11.3 Å². The predicted octanol–water partition coefficient (Wildman–Crippen LogP) is 0.596. The lowest BCUT2D eigenvalue weighted by molar-refractivity contribution is 0.242. The van der Waals surface area contributed by atoms with E-state index in [9.17, 15) is 8.42 Å². The second-order valence-corrected chi connectivity index (χ2v) is 4.92. The van der Waals surface area contributed by atoms with E-state index in [2.05, 4.69) is 0 Å². The summed E-state index contributed by atoms with van der Waals surface area (Å²) in [5, 5.41) is 18.4. The monoisotopic (exact) mass is 218 g/mol. The molecule has 1 aromatic heterocycles. The lowest BCUT2D eigenvalue weighted by Gasteiger charge is -1.99. The maximum atomic E-state index is 11.2. The number of aryl methyl sites for hydroxylation is 1. The van der Waals surface area contributed by atoms with E-state index in [-0.39, 0.29) is 10.5 Å². The first kappa shape index (κ1) is 10.1. The summed E-state index contributed by atoms with van der Waals surface area (Å²) in [6.45, 7) is 1.57. The van der Waals surface area contributed by atoms with Crippen molar-refractivity contribution in [2.75, 3.05) is 0 Å². The number of hydrogen-bond acceptors (Lipinski definition) is 5. The largest absolute Gasteiger partial charge is 0.302 e. The molecule has 0 aliphatic heterocycles. The number of nitriles is 1. The summed E-state index contributed by atoms with van der Waals surface area (Å²) >= 11 is 1.15. The Bertz CT molecular complexity index is 455. The van der Waals surface area contributed by atoms with Gasteiger partial charge in [0.05, 0.1) is 5.56 Å². The first-order chi connectivity index (χ1) is 6.03. The second kappa shape index (κ2) is 3.43. The van der Waals surface area contributed by atoms with Gasteiger partial charge >= 0.3 is 0 Å². The number of nitrogens with zero attached hydrogens (tertiary/aromatic N) is 1. The topological polar surface area (TPSA) is 90.2 Å². The van der Waals surface area contributed by atoms with Crippen LogP contribution in [-0.4, -0.2) is 13.6 Å². The van der Waals surface area contributed by atoms with E-state index >= 15 is 0 Å². The average molecular weight is 218 g/mol. The summed E-state index contributed by atoms with van der Waals surface area (Å²) in [6, 6.07) is 1.74. The molecule has 0 saturated heterocycles. The van der Waals surface area contributed by atoms with Crippen molar-refractivity contribution in [3.63, 3.8) is 0 Å². The molecule has 0 amide bonds.